The number of nitriles is 1. The molecule has 44 valence electrons. The van der Waals surface area contributed by atoms with Crippen LogP contribution in [-0.4, -0.2) is 13.1 Å². The molecule has 0 aromatic rings. The first-order chi connectivity index (χ1) is 3.84. The topological polar surface area (TPSA) is 35.8 Å². The first kappa shape index (κ1) is 5.58. The number of hydrogen-bond donors (Lipinski definition) is 1. The van der Waals surface area contributed by atoms with E-state index in [2.05, 4.69) is 18.3 Å². The summed E-state index contributed by atoms with van der Waals surface area (Å²) < 4.78 is 0. The van der Waals surface area contributed by atoms with Crippen LogP contribution in [0.2, 0.25) is 0 Å². The Morgan fingerprint density at radius 2 is 2.38 bits per heavy atom. The summed E-state index contributed by atoms with van der Waals surface area (Å²) >= 11 is 0. The minimum atomic E-state index is 0.259. The average Bonchev–Trinajstić information content (AvgIpc) is 2.14. The van der Waals surface area contributed by atoms with Gasteiger partial charge in [0.05, 0.1) is 12.0 Å². The molecule has 1 rings (SSSR count). The fourth-order valence-corrected chi connectivity index (χ4v) is 0.983. The number of nitrogens with zero attached hydrogens (tertiary/aromatic N) is 1. The molecule has 8 heavy (non-hydrogen) atoms. The van der Waals surface area contributed by atoms with Crippen molar-refractivity contribution >= 4 is 0 Å². The van der Waals surface area contributed by atoms with Crippen LogP contribution in [-0.2, 0) is 0 Å². The van der Waals surface area contributed by atoms with Crippen molar-refractivity contribution in [1.29, 1.82) is 5.26 Å². The molecule has 0 spiro atoms. The molecule has 2 unspecified atom stereocenters. The lowest BCUT2D eigenvalue weighted by Gasteiger charge is -2.00. The summed E-state index contributed by atoms with van der Waals surface area (Å²) in [6.45, 7) is 4.00. The fraction of sp³-hybridized carbons (Fsp3) is 0.833. The first-order valence-electron chi connectivity index (χ1n) is 2.95. The lowest BCUT2D eigenvalue weighted by atomic mass is 10.0. The third-order valence-corrected chi connectivity index (χ3v) is 1.68. The van der Waals surface area contributed by atoms with Gasteiger partial charge in [-0.3, -0.25) is 0 Å². The molecule has 0 bridgehead atoms. The molecule has 0 radical (unpaired) electrons. The molecule has 1 heterocycles. The maximum Gasteiger partial charge on any atom is 0.0672 e. The molecule has 0 amide bonds. The predicted octanol–water partition coefficient (Wildman–Crippen LogP) is 0.365. The highest BCUT2D eigenvalue weighted by atomic mass is 14.9. The molecule has 1 saturated heterocycles. The Balaban J connectivity index is 2.45. The highest BCUT2D eigenvalue weighted by molar-refractivity contribution is 4.92. The lowest BCUT2D eigenvalue weighted by molar-refractivity contribution is 0.553. The minimum Gasteiger partial charge on any atom is -0.315 e. The quantitative estimate of drug-likeness (QED) is 0.489. The Labute approximate surface area is 49.5 Å². The van der Waals surface area contributed by atoms with Gasteiger partial charge in [0.2, 0.25) is 0 Å². The standard InChI is InChI=1S/C6H10N2/c1-5-3-8-4-6(5)2-7/h5-6,8H,3-4H2,1H3. The molecular weight excluding hydrogens is 100 g/mol. The smallest absolute Gasteiger partial charge is 0.0672 e. The lowest BCUT2D eigenvalue weighted by Crippen LogP contribution is -2.07. The molecule has 0 saturated carbocycles. The molecule has 1 aliphatic rings. The van der Waals surface area contributed by atoms with Crippen molar-refractivity contribution in [3.05, 3.63) is 0 Å². The van der Waals surface area contributed by atoms with Gasteiger partial charge < -0.3 is 5.32 Å². The van der Waals surface area contributed by atoms with E-state index in [4.69, 9.17) is 5.26 Å². The third-order valence-electron chi connectivity index (χ3n) is 1.68. The average molecular weight is 110 g/mol. The summed E-state index contributed by atoms with van der Waals surface area (Å²) in [7, 11) is 0. The highest BCUT2D eigenvalue weighted by Crippen LogP contribution is 2.13. The van der Waals surface area contributed by atoms with Gasteiger partial charge >= 0.3 is 0 Å². The van der Waals surface area contributed by atoms with E-state index in [0.29, 0.717) is 5.92 Å². The second-order valence-electron chi connectivity index (χ2n) is 2.37. The van der Waals surface area contributed by atoms with Crippen molar-refractivity contribution in [1.82, 2.24) is 5.32 Å². The second kappa shape index (κ2) is 2.15. The number of rotatable bonds is 0. The number of nitrogens with one attached hydrogen (secondary N) is 1. The van der Waals surface area contributed by atoms with E-state index in [0.717, 1.165) is 13.1 Å². The maximum absolute atomic E-state index is 8.45. The van der Waals surface area contributed by atoms with Crippen LogP contribution < -0.4 is 5.32 Å². The van der Waals surface area contributed by atoms with Crippen molar-refractivity contribution in [2.45, 2.75) is 6.92 Å². The molecule has 2 atom stereocenters. The van der Waals surface area contributed by atoms with E-state index < -0.39 is 0 Å². The summed E-state index contributed by atoms with van der Waals surface area (Å²) in [4.78, 5) is 0. The van der Waals surface area contributed by atoms with Crippen LogP contribution in [0, 0.1) is 23.2 Å². The van der Waals surface area contributed by atoms with Crippen LogP contribution in [0.4, 0.5) is 0 Å². The van der Waals surface area contributed by atoms with E-state index in [-0.39, 0.29) is 5.92 Å². The molecule has 1 N–H and O–H groups in total. The molecule has 2 nitrogen and oxygen atoms in total. The number of hydrogen-bond acceptors (Lipinski definition) is 2. The van der Waals surface area contributed by atoms with Crippen molar-refractivity contribution in [3.63, 3.8) is 0 Å². The summed E-state index contributed by atoms with van der Waals surface area (Å²) in [5.74, 6) is 0.815. The molecule has 0 aliphatic carbocycles. The second-order valence-corrected chi connectivity index (χ2v) is 2.37. The van der Waals surface area contributed by atoms with Crippen molar-refractivity contribution in [2.24, 2.45) is 11.8 Å². The van der Waals surface area contributed by atoms with Gasteiger partial charge in [-0.15, -0.1) is 0 Å². The first-order valence-corrected chi connectivity index (χ1v) is 2.95. The van der Waals surface area contributed by atoms with Crippen LogP contribution in [0.1, 0.15) is 6.92 Å². The van der Waals surface area contributed by atoms with Gasteiger partial charge in [-0.1, -0.05) is 6.92 Å². The molecule has 1 aliphatic heterocycles. The fourth-order valence-electron chi connectivity index (χ4n) is 0.983. The zero-order valence-corrected chi connectivity index (χ0v) is 5.02. The van der Waals surface area contributed by atoms with E-state index in [1.807, 2.05) is 0 Å². The monoisotopic (exact) mass is 110 g/mol. The Morgan fingerprint density at radius 1 is 1.62 bits per heavy atom. The van der Waals surface area contributed by atoms with Gasteiger partial charge in [0.25, 0.3) is 0 Å². The van der Waals surface area contributed by atoms with Gasteiger partial charge in [0, 0.05) is 6.54 Å². The summed E-state index contributed by atoms with van der Waals surface area (Å²) in [5.41, 5.74) is 0. The van der Waals surface area contributed by atoms with Crippen molar-refractivity contribution in [3.8, 4) is 6.07 Å². The predicted molar refractivity (Wildman–Crippen MR) is 31.1 cm³/mol. The van der Waals surface area contributed by atoms with E-state index in [1.165, 1.54) is 0 Å². The van der Waals surface area contributed by atoms with E-state index in [1.54, 1.807) is 0 Å². The van der Waals surface area contributed by atoms with Crippen LogP contribution in [0.5, 0.6) is 0 Å². The third kappa shape index (κ3) is 0.823. The molecular formula is C6H10N2. The van der Waals surface area contributed by atoms with Crippen LogP contribution >= 0.6 is 0 Å². The molecule has 0 aromatic carbocycles. The van der Waals surface area contributed by atoms with Gasteiger partial charge in [0.1, 0.15) is 0 Å². The zero-order valence-electron chi connectivity index (χ0n) is 5.02. The Kier molecular flexibility index (Phi) is 1.50. The van der Waals surface area contributed by atoms with Crippen molar-refractivity contribution in [2.75, 3.05) is 13.1 Å². The Bertz CT molecular complexity index is 114. The van der Waals surface area contributed by atoms with Crippen LogP contribution in [0.15, 0.2) is 0 Å². The Morgan fingerprint density at radius 3 is 2.62 bits per heavy atom. The molecule has 2 heteroatoms. The summed E-state index contributed by atoms with van der Waals surface area (Å²) in [5, 5.41) is 11.6. The van der Waals surface area contributed by atoms with Crippen LogP contribution in [0.25, 0.3) is 0 Å². The van der Waals surface area contributed by atoms with E-state index >= 15 is 0 Å². The van der Waals surface area contributed by atoms with Crippen LogP contribution in [0.3, 0.4) is 0 Å². The normalized spacial score (nSPS) is 37.0. The van der Waals surface area contributed by atoms with Gasteiger partial charge in [0.15, 0.2) is 0 Å². The van der Waals surface area contributed by atoms with E-state index in [9.17, 15) is 0 Å². The summed E-state index contributed by atoms with van der Waals surface area (Å²) in [6, 6.07) is 2.25. The molecule has 1 fully saturated rings. The van der Waals surface area contributed by atoms with Gasteiger partial charge in [-0.25, -0.2) is 0 Å². The largest absolute Gasteiger partial charge is 0.315 e. The SMILES string of the molecule is CC1CNCC1C#N. The van der Waals surface area contributed by atoms with Gasteiger partial charge in [-0.2, -0.15) is 5.26 Å². The van der Waals surface area contributed by atoms with Gasteiger partial charge in [-0.05, 0) is 12.5 Å². The Hall–Kier alpha value is -0.550. The van der Waals surface area contributed by atoms with Crippen molar-refractivity contribution < 1.29 is 0 Å². The zero-order chi connectivity index (χ0) is 5.98. The highest BCUT2D eigenvalue weighted by Gasteiger charge is 2.21. The maximum atomic E-state index is 8.45. The minimum absolute atomic E-state index is 0.259. The summed E-state index contributed by atoms with van der Waals surface area (Å²) in [6.07, 6.45) is 0. The molecule has 0 aromatic heterocycles.